The quantitative estimate of drug-likeness (QED) is 0.186. The van der Waals surface area contributed by atoms with Crippen LogP contribution >= 0.6 is 0 Å². The summed E-state index contributed by atoms with van der Waals surface area (Å²) < 4.78 is 2.34. The summed E-state index contributed by atoms with van der Waals surface area (Å²) in [5.74, 6) is 1.86. The third kappa shape index (κ3) is 5.16. The number of aryl methyl sites for hydroxylation is 8. The zero-order valence-electron chi connectivity index (χ0n) is 28.2. The summed E-state index contributed by atoms with van der Waals surface area (Å²) >= 11 is 0. The van der Waals surface area contributed by atoms with Gasteiger partial charge < -0.3 is 4.57 Å². The van der Waals surface area contributed by atoms with Crippen LogP contribution in [0.25, 0.3) is 66.0 Å². The first-order valence-electron chi connectivity index (χ1n) is 16.0. The molecule has 0 aliphatic rings. The maximum absolute atomic E-state index is 7.82. The SMILES string of the molecule is [C-]#[N+]c1ccc(-n2c3cc(-c4c(C)cc(C)cc4C)ccc3c3ccc(-c4c(C)cc(C)cc4C)cc32)c(-c2nc(C)nc(C)n2)c1. The van der Waals surface area contributed by atoms with Gasteiger partial charge in [0.1, 0.15) is 11.6 Å². The maximum atomic E-state index is 7.82. The van der Waals surface area contributed by atoms with E-state index in [0.717, 1.165) is 22.3 Å². The van der Waals surface area contributed by atoms with Crippen LogP contribution in [0.5, 0.6) is 0 Å². The first kappa shape index (κ1) is 30.1. The molecule has 0 bridgehead atoms. The van der Waals surface area contributed by atoms with Gasteiger partial charge in [-0.3, -0.25) is 0 Å². The maximum Gasteiger partial charge on any atom is 0.188 e. The highest BCUT2D eigenvalue weighted by atomic mass is 15.0. The van der Waals surface area contributed by atoms with E-state index in [4.69, 9.17) is 16.5 Å². The van der Waals surface area contributed by atoms with E-state index >= 15 is 0 Å². The van der Waals surface area contributed by atoms with Crippen molar-refractivity contribution in [1.82, 2.24) is 19.5 Å². The average Bonchev–Trinajstić information content (AvgIpc) is 3.32. The highest BCUT2D eigenvalue weighted by Crippen LogP contribution is 2.41. The van der Waals surface area contributed by atoms with Crippen LogP contribution in [0.2, 0.25) is 0 Å². The van der Waals surface area contributed by atoms with Crippen LogP contribution in [0.1, 0.15) is 45.0 Å². The van der Waals surface area contributed by atoms with Crippen molar-refractivity contribution < 1.29 is 0 Å². The van der Waals surface area contributed by atoms with Crippen molar-refractivity contribution in [2.24, 2.45) is 0 Å². The molecule has 0 saturated heterocycles. The van der Waals surface area contributed by atoms with Crippen molar-refractivity contribution in [3.8, 4) is 39.3 Å². The Hall–Kier alpha value is -5.60. The Balaban J connectivity index is 1.61. The predicted molar refractivity (Wildman–Crippen MR) is 195 cm³/mol. The fraction of sp³-hybridized carbons (Fsp3) is 0.190. The van der Waals surface area contributed by atoms with Crippen LogP contribution < -0.4 is 0 Å². The number of hydrogen-bond acceptors (Lipinski definition) is 3. The first-order chi connectivity index (χ1) is 22.5. The minimum absolute atomic E-state index is 0.540. The van der Waals surface area contributed by atoms with Gasteiger partial charge >= 0.3 is 0 Å². The lowest BCUT2D eigenvalue weighted by Crippen LogP contribution is -2.03. The van der Waals surface area contributed by atoms with Gasteiger partial charge in [-0.2, -0.15) is 0 Å². The van der Waals surface area contributed by atoms with Crippen LogP contribution in [0.15, 0.2) is 78.9 Å². The molecule has 2 aromatic heterocycles. The van der Waals surface area contributed by atoms with E-state index in [2.05, 4.69) is 117 Å². The Morgan fingerprint density at radius 2 is 1.00 bits per heavy atom. The lowest BCUT2D eigenvalue weighted by Gasteiger charge is -2.16. The third-order valence-corrected chi connectivity index (χ3v) is 9.15. The van der Waals surface area contributed by atoms with Gasteiger partial charge in [-0.15, -0.1) is 0 Å². The van der Waals surface area contributed by atoms with E-state index in [-0.39, 0.29) is 0 Å². The molecule has 0 aliphatic heterocycles. The molecule has 7 rings (SSSR count). The predicted octanol–water partition coefficient (Wildman–Crippen LogP) is 11.0. The summed E-state index contributed by atoms with van der Waals surface area (Å²) in [5, 5.41) is 2.33. The minimum atomic E-state index is 0.540. The molecule has 5 heteroatoms. The summed E-state index contributed by atoms with van der Waals surface area (Å²) in [6.07, 6.45) is 0. The van der Waals surface area contributed by atoms with Crippen molar-refractivity contribution in [2.75, 3.05) is 0 Å². The van der Waals surface area contributed by atoms with E-state index in [1.54, 1.807) is 0 Å². The van der Waals surface area contributed by atoms with Gasteiger partial charge in [0.05, 0.1) is 23.3 Å². The van der Waals surface area contributed by atoms with Gasteiger partial charge in [0.15, 0.2) is 11.5 Å². The number of fused-ring (bicyclic) bond motifs is 3. The van der Waals surface area contributed by atoms with Crippen LogP contribution in [0.4, 0.5) is 5.69 Å². The Labute approximate surface area is 276 Å². The van der Waals surface area contributed by atoms with Crippen LogP contribution in [-0.4, -0.2) is 19.5 Å². The van der Waals surface area contributed by atoms with Crippen LogP contribution in [-0.2, 0) is 0 Å². The summed E-state index contributed by atoms with van der Waals surface area (Å²) in [7, 11) is 0. The molecule has 5 nitrogen and oxygen atoms in total. The fourth-order valence-electron chi connectivity index (χ4n) is 7.56. The Kier molecular flexibility index (Phi) is 7.25. The van der Waals surface area contributed by atoms with Crippen molar-refractivity contribution in [2.45, 2.75) is 55.4 Å². The average molecular weight is 612 g/mol. The monoisotopic (exact) mass is 611 g/mol. The highest BCUT2D eigenvalue weighted by Gasteiger charge is 2.21. The van der Waals surface area contributed by atoms with Gasteiger partial charge in [-0.05, 0) is 124 Å². The smallest absolute Gasteiger partial charge is 0.188 e. The lowest BCUT2D eigenvalue weighted by atomic mass is 9.92. The zero-order valence-corrected chi connectivity index (χ0v) is 28.2. The standard InChI is InChI=1S/C42H37N5/c1-23-16-25(3)40(26(4)17-23)31-10-13-34-35-14-11-32(41-27(5)18-24(2)19-28(41)6)21-39(35)47(38(34)20-31)37-15-12-33(43-9)22-36(37)42-45-29(7)44-30(8)46-42/h10-22H,1-8H3. The number of hydrogen-bond donors (Lipinski definition) is 0. The number of rotatable bonds is 4. The molecular weight excluding hydrogens is 574 g/mol. The Morgan fingerprint density at radius 1 is 0.532 bits per heavy atom. The van der Waals surface area contributed by atoms with Gasteiger partial charge in [-0.25, -0.2) is 19.8 Å². The molecule has 0 fully saturated rings. The van der Waals surface area contributed by atoms with E-state index in [1.165, 1.54) is 66.4 Å². The summed E-state index contributed by atoms with van der Waals surface area (Å²) in [6, 6.07) is 28.5. The topological polar surface area (TPSA) is 48.0 Å². The molecular formula is C42H37N5. The largest absolute Gasteiger partial charge is 0.309 e. The number of benzene rings is 5. The molecule has 0 aliphatic carbocycles. The molecule has 0 N–H and O–H groups in total. The second-order valence-corrected chi connectivity index (χ2v) is 12.9. The molecule has 47 heavy (non-hydrogen) atoms. The molecule has 0 atom stereocenters. The lowest BCUT2D eigenvalue weighted by molar-refractivity contribution is 0.927. The van der Waals surface area contributed by atoms with Crippen molar-refractivity contribution in [1.29, 1.82) is 0 Å². The summed E-state index contributed by atoms with van der Waals surface area (Å²) in [4.78, 5) is 17.7. The summed E-state index contributed by atoms with van der Waals surface area (Å²) in [6.45, 7) is 24.7. The minimum Gasteiger partial charge on any atom is -0.309 e. The fourth-order valence-corrected chi connectivity index (χ4v) is 7.56. The van der Waals surface area contributed by atoms with E-state index < -0.39 is 0 Å². The van der Waals surface area contributed by atoms with Gasteiger partial charge in [-0.1, -0.05) is 65.7 Å². The molecule has 0 saturated carbocycles. The second kappa shape index (κ2) is 11.3. The normalized spacial score (nSPS) is 11.4. The van der Waals surface area contributed by atoms with Crippen LogP contribution in [0.3, 0.4) is 0 Å². The molecule has 7 aromatic rings. The van der Waals surface area contributed by atoms with Gasteiger partial charge in [0, 0.05) is 16.3 Å². The van der Waals surface area contributed by atoms with Crippen molar-refractivity contribution in [3.63, 3.8) is 0 Å². The highest BCUT2D eigenvalue weighted by molar-refractivity contribution is 6.12. The van der Waals surface area contributed by atoms with Gasteiger partial charge in [0.2, 0.25) is 0 Å². The first-order valence-corrected chi connectivity index (χ1v) is 16.0. The second-order valence-electron chi connectivity index (χ2n) is 12.9. The Morgan fingerprint density at radius 3 is 1.45 bits per heavy atom. The molecule has 0 radical (unpaired) electrons. The molecule has 0 spiro atoms. The summed E-state index contributed by atoms with van der Waals surface area (Å²) in [5.41, 5.74) is 16.9. The molecule has 2 heterocycles. The van der Waals surface area contributed by atoms with E-state index in [1.807, 2.05) is 32.0 Å². The van der Waals surface area contributed by atoms with Gasteiger partial charge in [0.25, 0.3) is 0 Å². The van der Waals surface area contributed by atoms with E-state index in [0.29, 0.717) is 23.2 Å². The number of aromatic nitrogens is 4. The van der Waals surface area contributed by atoms with Crippen molar-refractivity contribution in [3.05, 3.63) is 135 Å². The van der Waals surface area contributed by atoms with Crippen LogP contribution in [0, 0.1) is 62.0 Å². The third-order valence-electron chi connectivity index (χ3n) is 9.15. The Bertz CT molecular complexity index is 2270. The molecule has 0 unspecified atom stereocenters. The molecule has 5 aromatic carbocycles. The van der Waals surface area contributed by atoms with E-state index in [9.17, 15) is 0 Å². The number of nitrogens with zero attached hydrogens (tertiary/aromatic N) is 5. The molecule has 0 amide bonds. The zero-order chi connectivity index (χ0) is 33.1. The van der Waals surface area contributed by atoms with Crippen molar-refractivity contribution >= 4 is 27.5 Å². The molecule has 230 valence electrons.